The molecule has 0 aliphatic rings. The van der Waals surface area contributed by atoms with E-state index in [9.17, 15) is 4.79 Å². The van der Waals surface area contributed by atoms with Crippen LogP contribution in [-0.4, -0.2) is 5.78 Å². The molecule has 0 amide bonds. The number of carbonyl (C=O) groups is 1. The molecule has 0 aromatic heterocycles. The Hall–Kier alpha value is -1.41. The van der Waals surface area contributed by atoms with Gasteiger partial charge in [-0.25, -0.2) is 0 Å². The van der Waals surface area contributed by atoms with Gasteiger partial charge in [0.15, 0.2) is 5.78 Å². The second-order valence-corrected chi connectivity index (χ2v) is 4.71. The molecule has 0 spiro atoms. The predicted octanol–water partition coefficient (Wildman–Crippen LogP) is 4.24. The average Bonchev–Trinajstić information content (AvgIpc) is 2.39. The summed E-state index contributed by atoms with van der Waals surface area (Å²) in [7, 11) is 0. The molecule has 0 N–H and O–H groups in total. The van der Waals surface area contributed by atoms with Gasteiger partial charge in [-0.05, 0) is 24.1 Å². The molecule has 2 rings (SSSR count). The first-order valence-corrected chi connectivity index (χ1v) is 6.40. The zero-order chi connectivity index (χ0) is 12.3. The summed E-state index contributed by atoms with van der Waals surface area (Å²) in [4.78, 5) is 12.2. The number of ketones is 1. The molecule has 0 aliphatic carbocycles. The molecular formula is C15H13BrO. The molecule has 2 aromatic carbocycles. The normalized spacial score (nSPS) is 10.2. The molecule has 2 heteroatoms. The number of hydrogen-bond donors (Lipinski definition) is 0. The van der Waals surface area contributed by atoms with Gasteiger partial charge < -0.3 is 0 Å². The van der Waals surface area contributed by atoms with Gasteiger partial charge in [-0.2, -0.15) is 0 Å². The maximum atomic E-state index is 12.2. The SMILES string of the molecule is CCc1ccc(C(=O)c2ccccc2Br)cc1. The third kappa shape index (κ3) is 2.64. The van der Waals surface area contributed by atoms with E-state index in [1.807, 2.05) is 48.5 Å². The number of halogens is 1. The average molecular weight is 289 g/mol. The van der Waals surface area contributed by atoms with E-state index in [0.717, 1.165) is 16.5 Å². The van der Waals surface area contributed by atoms with Crippen LogP contribution in [0, 0.1) is 0 Å². The lowest BCUT2D eigenvalue weighted by Gasteiger charge is -2.04. The minimum atomic E-state index is 0.0557. The van der Waals surface area contributed by atoms with Gasteiger partial charge in [0.2, 0.25) is 0 Å². The topological polar surface area (TPSA) is 17.1 Å². The second kappa shape index (κ2) is 5.28. The minimum absolute atomic E-state index is 0.0557. The molecule has 1 nitrogen and oxygen atoms in total. The highest BCUT2D eigenvalue weighted by atomic mass is 79.9. The smallest absolute Gasteiger partial charge is 0.194 e. The van der Waals surface area contributed by atoms with Gasteiger partial charge in [0.25, 0.3) is 0 Å². The second-order valence-electron chi connectivity index (χ2n) is 3.86. The molecule has 0 saturated carbocycles. The van der Waals surface area contributed by atoms with E-state index in [-0.39, 0.29) is 5.78 Å². The quantitative estimate of drug-likeness (QED) is 0.772. The van der Waals surface area contributed by atoms with Crippen molar-refractivity contribution in [2.75, 3.05) is 0 Å². The van der Waals surface area contributed by atoms with Crippen LogP contribution in [0.5, 0.6) is 0 Å². The zero-order valence-electron chi connectivity index (χ0n) is 9.61. The van der Waals surface area contributed by atoms with Crippen LogP contribution >= 0.6 is 15.9 Å². The molecule has 0 heterocycles. The van der Waals surface area contributed by atoms with Crippen molar-refractivity contribution in [2.45, 2.75) is 13.3 Å². The van der Waals surface area contributed by atoms with Gasteiger partial charge in [-0.15, -0.1) is 0 Å². The highest BCUT2D eigenvalue weighted by Gasteiger charge is 2.11. The number of benzene rings is 2. The number of hydrogen-bond acceptors (Lipinski definition) is 1. The Morgan fingerprint density at radius 2 is 1.71 bits per heavy atom. The fourth-order valence-electron chi connectivity index (χ4n) is 1.69. The summed E-state index contributed by atoms with van der Waals surface area (Å²) < 4.78 is 0.838. The first-order valence-electron chi connectivity index (χ1n) is 5.60. The van der Waals surface area contributed by atoms with Crippen LogP contribution in [-0.2, 0) is 6.42 Å². The summed E-state index contributed by atoms with van der Waals surface area (Å²) in [6, 6.07) is 15.3. The summed E-state index contributed by atoms with van der Waals surface area (Å²) in [6.45, 7) is 2.10. The highest BCUT2D eigenvalue weighted by Crippen LogP contribution is 2.19. The molecule has 0 unspecified atom stereocenters. The minimum Gasteiger partial charge on any atom is -0.289 e. The van der Waals surface area contributed by atoms with Crippen LogP contribution in [0.25, 0.3) is 0 Å². The van der Waals surface area contributed by atoms with Crippen molar-refractivity contribution in [1.29, 1.82) is 0 Å². The van der Waals surface area contributed by atoms with Crippen molar-refractivity contribution >= 4 is 21.7 Å². The molecule has 0 aliphatic heterocycles. The Labute approximate surface area is 110 Å². The van der Waals surface area contributed by atoms with Crippen LogP contribution in [0.15, 0.2) is 53.0 Å². The van der Waals surface area contributed by atoms with Gasteiger partial charge in [-0.3, -0.25) is 4.79 Å². The van der Waals surface area contributed by atoms with Crippen LogP contribution in [0.3, 0.4) is 0 Å². The standard InChI is InChI=1S/C15H13BrO/c1-2-11-7-9-12(10-8-11)15(17)13-5-3-4-6-14(13)16/h3-10H,2H2,1H3. The first-order chi connectivity index (χ1) is 8.22. The van der Waals surface area contributed by atoms with Crippen molar-refractivity contribution in [1.82, 2.24) is 0 Å². The molecule has 2 aromatic rings. The lowest BCUT2D eigenvalue weighted by atomic mass is 10.0. The van der Waals surface area contributed by atoms with Gasteiger partial charge in [0, 0.05) is 15.6 Å². The maximum Gasteiger partial charge on any atom is 0.194 e. The third-order valence-corrected chi connectivity index (χ3v) is 3.43. The van der Waals surface area contributed by atoms with Crippen molar-refractivity contribution in [3.8, 4) is 0 Å². The van der Waals surface area contributed by atoms with Gasteiger partial charge in [-0.1, -0.05) is 59.3 Å². The van der Waals surface area contributed by atoms with Crippen LogP contribution in [0.2, 0.25) is 0 Å². The number of carbonyl (C=O) groups excluding carboxylic acids is 1. The van der Waals surface area contributed by atoms with Crippen LogP contribution in [0.4, 0.5) is 0 Å². The molecule has 0 bridgehead atoms. The van der Waals surface area contributed by atoms with Crippen molar-refractivity contribution in [3.05, 3.63) is 69.7 Å². The lowest BCUT2D eigenvalue weighted by Crippen LogP contribution is -2.02. The molecule has 0 radical (unpaired) electrons. The van der Waals surface area contributed by atoms with Gasteiger partial charge >= 0.3 is 0 Å². The molecule has 0 atom stereocenters. The summed E-state index contributed by atoms with van der Waals surface area (Å²) in [5.41, 5.74) is 2.68. The predicted molar refractivity (Wildman–Crippen MR) is 73.4 cm³/mol. The molecule has 17 heavy (non-hydrogen) atoms. The molecule has 86 valence electrons. The van der Waals surface area contributed by atoms with E-state index in [2.05, 4.69) is 22.9 Å². The first kappa shape index (κ1) is 12.1. The van der Waals surface area contributed by atoms with E-state index < -0.39 is 0 Å². The lowest BCUT2D eigenvalue weighted by molar-refractivity contribution is 0.103. The highest BCUT2D eigenvalue weighted by molar-refractivity contribution is 9.10. The van der Waals surface area contributed by atoms with E-state index in [4.69, 9.17) is 0 Å². The van der Waals surface area contributed by atoms with Crippen molar-refractivity contribution in [3.63, 3.8) is 0 Å². The Morgan fingerprint density at radius 1 is 1.06 bits per heavy atom. The zero-order valence-corrected chi connectivity index (χ0v) is 11.2. The third-order valence-electron chi connectivity index (χ3n) is 2.74. The number of rotatable bonds is 3. The van der Waals surface area contributed by atoms with Gasteiger partial charge in [0.1, 0.15) is 0 Å². The summed E-state index contributed by atoms with van der Waals surface area (Å²) >= 11 is 3.40. The largest absolute Gasteiger partial charge is 0.289 e. The van der Waals surface area contributed by atoms with Crippen molar-refractivity contribution < 1.29 is 4.79 Å². The fourth-order valence-corrected chi connectivity index (χ4v) is 2.16. The maximum absolute atomic E-state index is 12.2. The summed E-state index contributed by atoms with van der Waals surface area (Å²) in [5, 5.41) is 0. The monoisotopic (exact) mass is 288 g/mol. The Balaban J connectivity index is 2.34. The van der Waals surface area contributed by atoms with Crippen LogP contribution < -0.4 is 0 Å². The molecule has 0 fully saturated rings. The Kier molecular flexibility index (Phi) is 3.75. The Morgan fingerprint density at radius 3 is 2.29 bits per heavy atom. The van der Waals surface area contributed by atoms with E-state index >= 15 is 0 Å². The van der Waals surface area contributed by atoms with Crippen LogP contribution in [0.1, 0.15) is 28.4 Å². The van der Waals surface area contributed by atoms with Crippen molar-refractivity contribution in [2.24, 2.45) is 0 Å². The van der Waals surface area contributed by atoms with Gasteiger partial charge in [0.05, 0.1) is 0 Å². The van der Waals surface area contributed by atoms with E-state index in [0.29, 0.717) is 5.56 Å². The summed E-state index contributed by atoms with van der Waals surface area (Å²) in [5.74, 6) is 0.0557. The molecule has 0 saturated heterocycles. The fraction of sp³-hybridized carbons (Fsp3) is 0.133. The van der Waals surface area contributed by atoms with E-state index in [1.54, 1.807) is 0 Å². The summed E-state index contributed by atoms with van der Waals surface area (Å²) in [6.07, 6.45) is 0.990. The molecular weight excluding hydrogens is 276 g/mol. The Bertz CT molecular complexity index is 529. The number of aryl methyl sites for hydroxylation is 1. The van der Waals surface area contributed by atoms with E-state index in [1.165, 1.54) is 5.56 Å².